The predicted molar refractivity (Wildman–Crippen MR) is 84.3 cm³/mol. The Morgan fingerprint density at radius 3 is 1.18 bits per heavy atom. The molecule has 22 heavy (non-hydrogen) atoms. The Morgan fingerprint density at radius 2 is 1.00 bits per heavy atom. The van der Waals surface area contributed by atoms with E-state index in [0.29, 0.717) is 12.8 Å². The summed E-state index contributed by atoms with van der Waals surface area (Å²) in [5.74, 6) is 0. The van der Waals surface area contributed by atoms with Crippen molar-refractivity contribution in [3.05, 3.63) is 0 Å². The minimum Gasteiger partial charge on any atom is -0.379 e. The van der Waals surface area contributed by atoms with Crippen LogP contribution in [0.3, 0.4) is 0 Å². The first-order valence-corrected chi connectivity index (χ1v) is 7.23. The number of methoxy groups -OCH3 is 2. The molecule has 0 bridgehead atoms. The summed E-state index contributed by atoms with van der Waals surface area (Å²) in [4.78, 5) is 0. The maximum absolute atomic E-state index is 9.43. The van der Waals surface area contributed by atoms with Crippen molar-refractivity contribution in [2.75, 3.05) is 14.2 Å². The van der Waals surface area contributed by atoms with E-state index < -0.39 is 22.3 Å². The zero-order valence-electron chi connectivity index (χ0n) is 15.0. The van der Waals surface area contributed by atoms with Gasteiger partial charge in [0, 0.05) is 27.1 Å². The van der Waals surface area contributed by atoms with Crippen molar-refractivity contribution in [1.29, 1.82) is 10.5 Å². The highest BCUT2D eigenvalue weighted by Crippen LogP contribution is 2.30. The molecule has 0 N–H and O–H groups in total. The Morgan fingerprint density at radius 1 is 0.727 bits per heavy atom. The van der Waals surface area contributed by atoms with Gasteiger partial charge in [-0.25, -0.2) is 0 Å². The molecule has 0 aliphatic heterocycles. The average molecular weight is 308 g/mol. The SMILES string of the molecule is COC(C)(C)C[C@](C)(C#N)N=N[C@@](C)(C#N)CC(C)(C)OC. The van der Waals surface area contributed by atoms with E-state index in [0.717, 1.165) is 0 Å². The largest absolute Gasteiger partial charge is 0.379 e. The Kier molecular flexibility index (Phi) is 6.69. The third-order valence-electron chi connectivity index (χ3n) is 3.62. The number of nitrogens with zero attached hydrogens (tertiary/aromatic N) is 4. The molecule has 0 aliphatic rings. The van der Waals surface area contributed by atoms with E-state index in [4.69, 9.17) is 9.47 Å². The summed E-state index contributed by atoms with van der Waals surface area (Å²) in [5, 5.41) is 27.2. The van der Waals surface area contributed by atoms with Crippen LogP contribution in [0.4, 0.5) is 0 Å². The molecule has 6 heteroatoms. The third kappa shape index (κ3) is 6.51. The topological polar surface area (TPSA) is 90.8 Å². The van der Waals surface area contributed by atoms with Crippen LogP contribution in [0.1, 0.15) is 54.4 Å². The Bertz CT molecular complexity index is 443. The van der Waals surface area contributed by atoms with Crippen LogP contribution < -0.4 is 0 Å². The summed E-state index contributed by atoms with van der Waals surface area (Å²) in [6.45, 7) is 10.9. The maximum Gasteiger partial charge on any atom is 0.167 e. The first-order chi connectivity index (χ1) is 9.86. The standard InChI is InChI=1S/C16H28N4O2/c1-13(2,21-7)9-15(5,11-17)19-20-16(6,12-18)10-14(3,4)22-8/h9-10H2,1-8H3/t15-,16-/m1/s1. The van der Waals surface area contributed by atoms with Gasteiger partial charge in [0.15, 0.2) is 11.1 Å². The average Bonchev–Trinajstić information content (AvgIpc) is 2.44. The number of hydrogen-bond donors (Lipinski definition) is 0. The molecule has 0 rings (SSSR count). The smallest absolute Gasteiger partial charge is 0.167 e. The van der Waals surface area contributed by atoms with Crippen molar-refractivity contribution in [1.82, 2.24) is 0 Å². The van der Waals surface area contributed by atoms with Crippen molar-refractivity contribution < 1.29 is 9.47 Å². The molecule has 0 saturated carbocycles. The van der Waals surface area contributed by atoms with E-state index in [2.05, 4.69) is 22.4 Å². The molecule has 0 amide bonds. The summed E-state index contributed by atoms with van der Waals surface area (Å²) in [5.41, 5.74) is -3.10. The van der Waals surface area contributed by atoms with Gasteiger partial charge >= 0.3 is 0 Å². The quantitative estimate of drug-likeness (QED) is 0.640. The Labute approximate surface area is 134 Å². The lowest BCUT2D eigenvalue weighted by atomic mass is 9.88. The fraction of sp³-hybridized carbons (Fsp3) is 0.875. The molecule has 124 valence electrons. The molecular formula is C16H28N4O2. The van der Waals surface area contributed by atoms with Crippen molar-refractivity contribution in [3.8, 4) is 12.1 Å². The van der Waals surface area contributed by atoms with Crippen LogP contribution in [-0.4, -0.2) is 36.5 Å². The molecule has 0 spiro atoms. The van der Waals surface area contributed by atoms with Crippen molar-refractivity contribution in [2.24, 2.45) is 10.2 Å². The molecule has 0 aromatic rings. The third-order valence-corrected chi connectivity index (χ3v) is 3.62. The highest BCUT2D eigenvalue weighted by molar-refractivity contribution is 5.10. The van der Waals surface area contributed by atoms with Crippen LogP contribution in [0.15, 0.2) is 10.2 Å². The van der Waals surface area contributed by atoms with Gasteiger partial charge in [0.1, 0.15) is 0 Å². The summed E-state index contributed by atoms with van der Waals surface area (Å²) in [6, 6.07) is 4.32. The Balaban J connectivity index is 5.33. The van der Waals surface area contributed by atoms with E-state index in [-0.39, 0.29) is 0 Å². The normalized spacial score (nSPS) is 18.3. The second kappa shape index (κ2) is 7.17. The summed E-state index contributed by atoms with van der Waals surface area (Å²) >= 11 is 0. The highest BCUT2D eigenvalue weighted by Gasteiger charge is 2.36. The molecule has 0 aromatic heterocycles. The zero-order chi connectivity index (χ0) is 17.7. The lowest BCUT2D eigenvalue weighted by Gasteiger charge is -2.31. The van der Waals surface area contributed by atoms with Gasteiger partial charge in [-0.05, 0) is 41.5 Å². The van der Waals surface area contributed by atoms with Gasteiger partial charge in [-0.3, -0.25) is 0 Å². The van der Waals surface area contributed by atoms with Crippen LogP contribution in [0, 0.1) is 22.7 Å². The van der Waals surface area contributed by atoms with Gasteiger partial charge in [-0.1, -0.05) is 0 Å². The number of azo groups is 1. The first kappa shape index (κ1) is 20.5. The molecule has 6 nitrogen and oxygen atoms in total. The van der Waals surface area contributed by atoms with E-state index in [1.54, 1.807) is 28.1 Å². The van der Waals surface area contributed by atoms with E-state index in [9.17, 15) is 10.5 Å². The summed E-state index contributed by atoms with van der Waals surface area (Å²) in [7, 11) is 3.19. The van der Waals surface area contributed by atoms with E-state index in [1.165, 1.54) is 0 Å². The van der Waals surface area contributed by atoms with Gasteiger partial charge in [-0.15, -0.1) is 0 Å². The van der Waals surface area contributed by atoms with Crippen molar-refractivity contribution in [2.45, 2.75) is 76.7 Å². The van der Waals surface area contributed by atoms with E-state index >= 15 is 0 Å². The summed E-state index contributed by atoms with van der Waals surface area (Å²) in [6.07, 6.45) is 0.761. The van der Waals surface area contributed by atoms with Gasteiger partial charge in [0.05, 0.1) is 23.3 Å². The molecule has 0 aromatic carbocycles. The molecule has 0 fully saturated rings. The zero-order valence-corrected chi connectivity index (χ0v) is 15.0. The van der Waals surface area contributed by atoms with Crippen LogP contribution in [-0.2, 0) is 9.47 Å². The number of hydrogen-bond acceptors (Lipinski definition) is 6. The fourth-order valence-electron chi connectivity index (χ4n) is 2.22. The molecule has 0 unspecified atom stereocenters. The van der Waals surface area contributed by atoms with Gasteiger partial charge in [0.25, 0.3) is 0 Å². The lowest BCUT2D eigenvalue weighted by molar-refractivity contribution is 0.000704. The van der Waals surface area contributed by atoms with Crippen LogP contribution in [0.5, 0.6) is 0 Å². The van der Waals surface area contributed by atoms with Crippen molar-refractivity contribution in [3.63, 3.8) is 0 Å². The predicted octanol–water partition coefficient (Wildman–Crippen LogP) is 3.63. The first-order valence-electron chi connectivity index (χ1n) is 7.23. The fourth-order valence-corrected chi connectivity index (χ4v) is 2.22. The number of ether oxygens (including phenoxy) is 2. The second-order valence-electron chi connectivity index (χ2n) is 7.25. The molecular weight excluding hydrogens is 280 g/mol. The molecule has 0 radical (unpaired) electrons. The molecule has 2 atom stereocenters. The molecule has 0 saturated heterocycles. The monoisotopic (exact) mass is 308 g/mol. The second-order valence-corrected chi connectivity index (χ2v) is 7.25. The van der Waals surface area contributed by atoms with Gasteiger partial charge < -0.3 is 9.47 Å². The van der Waals surface area contributed by atoms with E-state index in [1.807, 2.05) is 27.7 Å². The maximum atomic E-state index is 9.43. The van der Waals surface area contributed by atoms with Crippen molar-refractivity contribution >= 4 is 0 Å². The molecule has 0 aliphatic carbocycles. The minimum atomic E-state index is -1.05. The van der Waals surface area contributed by atoms with Gasteiger partial charge in [-0.2, -0.15) is 20.8 Å². The Hall–Kier alpha value is -1.50. The summed E-state index contributed by atoms with van der Waals surface area (Å²) < 4.78 is 10.7. The number of rotatable bonds is 8. The minimum absolute atomic E-state index is 0.381. The highest BCUT2D eigenvalue weighted by atomic mass is 16.5. The molecule has 0 heterocycles. The lowest BCUT2D eigenvalue weighted by Crippen LogP contribution is -2.37. The van der Waals surface area contributed by atoms with Crippen LogP contribution >= 0.6 is 0 Å². The van der Waals surface area contributed by atoms with Crippen LogP contribution in [0.25, 0.3) is 0 Å². The van der Waals surface area contributed by atoms with Crippen LogP contribution in [0.2, 0.25) is 0 Å². The number of nitriles is 2. The van der Waals surface area contributed by atoms with Gasteiger partial charge in [0.2, 0.25) is 0 Å².